The third-order valence-corrected chi connectivity index (χ3v) is 6.45. The van der Waals surface area contributed by atoms with Gasteiger partial charge in [0.1, 0.15) is 0 Å². The first-order valence-electron chi connectivity index (χ1n) is 10.3. The molecule has 1 aliphatic heterocycles. The lowest BCUT2D eigenvalue weighted by atomic mass is 9.98. The largest absolute Gasteiger partial charge is 0.420 e. The number of rotatable bonds is 5. The van der Waals surface area contributed by atoms with Gasteiger partial charge in [-0.1, -0.05) is 18.2 Å². The summed E-state index contributed by atoms with van der Waals surface area (Å²) in [4.78, 5) is 32.6. The summed E-state index contributed by atoms with van der Waals surface area (Å²) in [6.45, 7) is 1.56. The van der Waals surface area contributed by atoms with Gasteiger partial charge in [-0.3, -0.25) is 14.2 Å². The Morgan fingerprint density at radius 2 is 2.10 bits per heavy atom. The molecule has 8 nitrogen and oxygen atoms in total. The minimum absolute atomic E-state index is 0.0164. The van der Waals surface area contributed by atoms with E-state index in [4.69, 9.17) is 4.42 Å². The number of piperidine rings is 1. The molecule has 1 saturated heterocycles. The molecule has 0 bridgehead atoms. The predicted octanol–water partition coefficient (Wildman–Crippen LogP) is 3.30. The van der Waals surface area contributed by atoms with Crippen molar-refractivity contribution in [1.29, 1.82) is 0 Å². The maximum atomic E-state index is 12.8. The molecule has 0 spiro atoms. The Kier molecular flexibility index (Phi) is 5.33. The first-order chi connectivity index (χ1) is 15.2. The number of amides is 1. The molecule has 1 unspecified atom stereocenters. The van der Waals surface area contributed by atoms with Crippen LogP contribution in [0.3, 0.4) is 0 Å². The third-order valence-electron chi connectivity index (χ3n) is 5.59. The van der Waals surface area contributed by atoms with Crippen molar-refractivity contribution in [2.45, 2.75) is 31.7 Å². The minimum atomic E-state index is -0.123. The van der Waals surface area contributed by atoms with E-state index in [9.17, 15) is 9.59 Å². The normalized spacial score (nSPS) is 16.6. The highest BCUT2D eigenvalue weighted by atomic mass is 32.1. The van der Waals surface area contributed by atoms with E-state index in [-0.39, 0.29) is 23.8 Å². The standard InChI is InChI=1S/C22H21N5O3S/c28-19(9-11-27-14-23-17-7-2-1-6-16(17)22(27)29)26-10-3-5-15(13-26)20-24-25-21(30-20)18-8-4-12-31-18/h1-2,4,6-8,12,14-15H,3,5,9-11,13H2. The number of benzene rings is 1. The second-order valence-corrected chi connectivity index (χ2v) is 8.56. The summed E-state index contributed by atoms with van der Waals surface area (Å²) in [6, 6.07) is 11.1. The first kappa shape index (κ1) is 19.6. The maximum Gasteiger partial charge on any atom is 0.261 e. The van der Waals surface area contributed by atoms with Crippen molar-refractivity contribution < 1.29 is 9.21 Å². The molecular formula is C22H21N5O3S. The number of para-hydroxylation sites is 1. The van der Waals surface area contributed by atoms with Crippen molar-refractivity contribution in [3.63, 3.8) is 0 Å². The number of nitrogens with zero attached hydrogens (tertiary/aromatic N) is 5. The average Bonchev–Trinajstić information content (AvgIpc) is 3.51. The molecule has 5 rings (SSSR count). The maximum absolute atomic E-state index is 12.8. The highest BCUT2D eigenvalue weighted by molar-refractivity contribution is 7.13. The quantitative estimate of drug-likeness (QED) is 0.477. The molecule has 1 aliphatic rings. The number of hydrogen-bond donors (Lipinski definition) is 0. The van der Waals surface area contributed by atoms with Gasteiger partial charge in [-0.05, 0) is 36.4 Å². The number of aryl methyl sites for hydroxylation is 1. The van der Waals surface area contributed by atoms with E-state index in [2.05, 4.69) is 15.2 Å². The smallest absolute Gasteiger partial charge is 0.261 e. The molecular weight excluding hydrogens is 414 g/mol. The van der Waals surface area contributed by atoms with Gasteiger partial charge in [-0.25, -0.2) is 4.98 Å². The van der Waals surface area contributed by atoms with E-state index < -0.39 is 0 Å². The lowest BCUT2D eigenvalue weighted by molar-refractivity contribution is -0.132. The first-order valence-corrected chi connectivity index (χ1v) is 11.2. The van der Waals surface area contributed by atoms with Gasteiger partial charge in [0.15, 0.2) is 0 Å². The Morgan fingerprint density at radius 1 is 1.19 bits per heavy atom. The summed E-state index contributed by atoms with van der Waals surface area (Å²) in [6.07, 6.45) is 3.55. The van der Waals surface area contributed by atoms with Crippen LogP contribution >= 0.6 is 11.3 Å². The summed E-state index contributed by atoms with van der Waals surface area (Å²) < 4.78 is 7.38. The Balaban J connectivity index is 1.24. The van der Waals surface area contributed by atoms with Gasteiger partial charge in [0.2, 0.25) is 11.8 Å². The van der Waals surface area contributed by atoms with Crippen LogP contribution < -0.4 is 5.56 Å². The Labute approximate surface area is 182 Å². The average molecular weight is 436 g/mol. The van der Waals surface area contributed by atoms with Crippen molar-refractivity contribution in [2.75, 3.05) is 13.1 Å². The summed E-state index contributed by atoms with van der Waals surface area (Å²) in [5, 5.41) is 10.9. The van der Waals surface area contributed by atoms with Crippen LogP contribution in [0.2, 0.25) is 0 Å². The SMILES string of the molecule is O=C(CCn1cnc2ccccc2c1=O)N1CCCC(c2nnc(-c3cccs3)o2)C1. The van der Waals surface area contributed by atoms with Crippen LogP contribution in [0.4, 0.5) is 0 Å². The van der Waals surface area contributed by atoms with Gasteiger partial charge in [-0.2, -0.15) is 0 Å². The van der Waals surface area contributed by atoms with Crippen LogP contribution in [0.15, 0.2) is 57.3 Å². The highest BCUT2D eigenvalue weighted by Crippen LogP contribution is 2.30. The van der Waals surface area contributed by atoms with Gasteiger partial charge in [-0.15, -0.1) is 21.5 Å². The summed E-state index contributed by atoms with van der Waals surface area (Å²) in [7, 11) is 0. The van der Waals surface area contributed by atoms with Crippen LogP contribution in [0, 0.1) is 0 Å². The minimum Gasteiger partial charge on any atom is -0.420 e. The molecule has 0 aliphatic carbocycles. The van der Waals surface area contributed by atoms with E-state index in [1.54, 1.807) is 17.4 Å². The van der Waals surface area contributed by atoms with E-state index >= 15 is 0 Å². The lowest BCUT2D eigenvalue weighted by Gasteiger charge is -2.31. The van der Waals surface area contributed by atoms with Crippen molar-refractivity contribution >= 4 is 28.1 Å². The summed E-state index contributed by atoms with van der Waals surface area (Å²) in [5.74, 6) is 1.15. The molecule has 9 heteroatoms. The number of fused-ring (bicyclic) bond motifs is 1. The number of likely N-dealkylation sites (tertiary alicyclic amines) is 1. The second-order valence-electron chi connectivity index (χ2n) is 7.61. The van der Waals surface area contributed by atoms with Gasteiger partial charge < -0.3 is 9.32 Å². The van der Waals surface area contributed by atoms with E-state index in [1.807, 2.05) is 40.6 Å². The molecule has 4 heterocycles. The van der Waals surface area contributed by atoms with Gasteiger partial charge >= 0.3 is 0 Å². The second kappa shape index (κ2) is 8.43. The zero-order valence-electron chi connectivity index (χ0n) is 16.8. The van der Waals surface area contributed by atoms with E-state index in [0.717, 1.165) is 17.7 Å². The van der Waals surface area contributed by atoms with Crippen molar-refractivity contribution in [1.82, 2.24) is 24.6 Å². The molecule has 1 atom stereocenters. The monoisotopic (exact) mass is 435 g/mol. The molecule has 1 aromatic carbocycles. The summed E-state index contributed by atoms with van der Waals surface area (Å²) in [5.41, 5.74) is 0.539. The fourth-order valence-corrected chi connectivity index (χ4v) is 4.59. The molecule has 1 amide bonds. The molecule has 31 heavy (non-hydrogen) atoms. The fraction of sp³-hybridized carbons (Fsp3) is 0.318. The molecule has 158 valence electrons. The van der Waals surface area contributed by atoms with Gasteiger partial charge in [0.05, 0.1) is 28.0 Å². The number of thiophene rings is 1. The number of carbonyl (C=O) groups excluding carboxylic acids is 1. The molecule has 4 aromatic rings. The molecule has 0 saturated carbocycles. The Morgan fingerprint density at radius 3 is 2.97 bits per heavy atom. The molecule has 1 fully saturated rings. The zero-order chi connectivity index (χ0) is 21.2. The van der Waals surface area contributed by atoms with Crippen molar-refractivity contribution in [2.24, 2.45) is 0 Å². The Hall–Kier alpha value is -3.33. The summed E-state index contributed by atoms with van der Waals surface area (Å²) >= 11 is 1.55. The van der Waals surface area contributed by atoms with Gasteiger partial charge in [0, 0.05) is 26.1 Å². The number of aromatic nitrogens is 4. The van der Waals surface area contributed by atoms with E-state index in [0.29, 0.717) is 42.3 Å². The van der Waals surface area contributed by atoms with Crippen LogP contribution in [0.1, 0.15) is 31.1 Å². The molecule has 0 radical (unpaired) electrons. The predicted molar refractivity (Wildman–Crippen MR) is 117 cm³/mol. The third kappa shape index (κ3) is 4.00. The number of carbonyl (C=O) groups is 1. The Bertz CT molecular complexity index is 1260. The fourth-order valence-electron chi connectivity index (χ4n) is 3.94. The van der Waals surface area contributed by atoms with Crippen molar-refractivity contribution in [3.8, 4) is 10.8 Å². The lowest BCUT2D eigenvalue weighted by Crippen LogP contribution is -2.39. The highest BCUT2D eigenvalue weighted by Gasteiger charge is 2.28. The molecule has 0 N–H and O–H groups in total. The topological polar surface area (TPSA) is 94.1 Å². The molecule has 3 aromatic heterocycles. The van der Waals surface area contributed by atoms with Crippen LogP contribution in [0.25, 0.3) is 21.7 Å². The van der Waals surface area contributed by atoms with Gasteiger partial charge in [0.25, 0.3) is 11.4 Å². The van der Waals surface area contributed by atoms with Crippen molar-refractivity contribution in [3.05, 3.63) is 64.4 Å². The van der Waals surface area contributed by atoms with Crippen LogP contribution in [-0.2, 0) is 11.3 Å². The van der Waals surface area contributed by atoms with E-state index in [1.165, 1.54) is 10.9 Å². The zero-order valence-corrected chi connectivity index (χ0v) is 17.6. The van der Waals surface area contributed by atoms with Crippen LogP contribution in [0.5, 0.6) is 0 Å². The van der Waals surface area contributed by atoms with Crippen LogP contribution in [-0.4, -0.2) is 43.6 Å². The number of hydrogen-bond acceptors (Lipinski definition) is 7.